The van der Waals surface area contributed by atoms with Crippen LogP contribution in [0.4, 0.5) is 0 Å². The average molecular weight is 412 g/mol. The van der Waals surface area contributed by atoms with Crippen LogP contribution in [-0.4, -0.2) is 31.2 Å². The predicted octanol–water partition coefficient (Wildman–Crippen LogP) is 4.09. The van der Waals surface area contributed by atoms with Crippen LogP contribution in [0.2, 0.25) is 0 Å². The van der Waals surface area contributed by atoms with Crippen molar-refractivity contribution in [2.24, 2.45) is 10.9 Å². The number of hydrogen-bond acceptors (Lipinski definition) is 5. The predicted molar refractivity (Wildman–Crippen MR) is 122 cm³/mol. The van der Waals surface area contributed by atoms with Gasteiger partial charge in [0.1, 0.15) is 11.9 Å². The molecule has 0 aliphatic carbocycles. The van der Waals surface area contributed by atoms with Gasteiger partial charge in [-0.1, -0.05) is 50.3 Å². The maximum Gasteiger partial charge on any atom is 0.330 e. The molecule has 1 amide bonds. The third kappa shape index (κ3) is 8.47. The minimum absolute atomic E-state index is 0.0542. The van der Waals surface area contributed by atoms with E-state index in [4.69, 9.17) is 0 Å². The van der Waals surface area contributed by atoms with Gasteiger partial charge in [0.25, 0.3) is 0 Å². The molecule has 0 aliphatic heterocycles. The average Bonchev–Trinajstić information content (AvgIpc) is 2.75. The number of methoxy groups -OCH3 is 1. The number of nitrogens with zero attached hydrogens (tertiary/aromatic N) is 1. The molecule has 6 heteroatoms. The number of ether oxygens (including phenoxy) is 1. The fraction of sp³-hybridized carbons (Fsp3) is 0.375. The Morgan fingerprint density at radius 2 is 1.67 bits per heavy atom. The lowest BCUT2D eigenvalue weighted by atomic mass is 10.0. The molecule has 0 saturated heterocycles. The van der Waals surface area contributed by atoms with Crippen molar-refractivity contribution in [3.05, 3.63) is 71.6 Å². The van der Waals surface area contributed by atoms with E-state index in [0.717, 1.165) is 11.1 Å². The number of carbonyl (C=O) groups is 2. The van der Waals surface area contributed by atoms with E-state index in [0.29, 0.717) is 5.82 Å². The smallest absolute Gasteiger partial charge is 0.330 e. The largest absolute Gasteiger partial charge is 0.466 e. The highest BCUT2D eigenvalue weighted by atomic mass is 16.5. The van der Waals surface area contributed by atoms with Crippen molar-refractivity contribution >= 4 is 18.1 Å². The van der Waals surface area contributed by atoms with Crippen molar-refractivity contribution < 1.29 is 14.3 Å². The van der Waals surface area contributed by atoms with Crippen molar-refractivity contribution in [3.8, 4) is 0 Å². The van der Waals surface area contributed by atoms with Gasteiger partial charge in [-0.15, -0.1) is 0 Å². The Morgan fingerprint density at radius 1 is 1.00 bits per heavy atom. The van der Waals surface area contributed by atoms with Gasteiger partial charge >= 0.3 is 5.97 Å². The summed E-state index contributed by atoms with van der Waals surface area (Å²) in [6.45, 7) is 9.63. The molecule has 1 aromatic carbocycles. The van der Waals surface area contributed by atoms with E-state index >= 15 is 0 Å². The van der Waals surface area contributed by atoms with Crippen LogP contribution in [0.5, 0.6) is 0 Å². The van der Waals surface area contributed by atoms with E-state index in [1.54, 1.807) is 18.4 Å². The van der Waals surface area contributed by atoms with Gasteiger partial charge in [0.2, 0.25) is 5.91 Å². The Balaban J connectivity index is 2.85. The van der Waals surface area contributed by atoms with Crippen LogP contribution >= 0.6 is 0 Å². The van der Waals surface area contributed by atoms with E-state index in [1.165, 1.54) is 13.2 Å². The van der Waals surface area contributed by atoms with E-state index < -0.39 is 12.0 Å². The first-order chi connectivity index (χ1) is 14.3. The SMILES string of the molecule is CC=C(/C=N\C(=C/C)N[C@@H](C(=O)N[C@@H](C)c1ccccc1)C(C)C)/C=C/C(=O)OC. The molecule has 0 aromatic heterocycles. The van der Waals surface area contributed by atoms with E-state index in [1.807, 2.05) is 71.0 Å². The van der Waals surface area contributed by atoms with Crippen molar-refractivity contribution in [1.82, 2.24) is 10.6 Å². The summed E-state index contributed by atoms with van der Waals surface area (Å²) < 4.78 is 4.60. The molecule has 30 heavy (non-hydrogen) atoms. The summed E-state index contributed by atoms with van der Waals surface area (Å²) in [7, 11) is 1.33. The van der Waals surface area contributed by atoms with Gasteiger partial charge in [0.05, 0.1) is 13.2 Å². The fourth-order valence-corrected chi connectivity index (χ4v) is 2.61. The van der Waals surface area contributed by atoms with Gasteiger partial charge in [-0.25, -0.2) is 9.79 Å². The zero-order valence-electron chi connectivity index (χ0n) is 18.7. The summed E-state index contributed by atoms with van der Waals surface area (Å²) in [6.07, 6.45) is 8.21. The lowest BCUT2D eigenvalue weighted by Gasteiger charge is -2.25. The molecule has 0 unspecified atom stereocenters. The molecule has 0 saturated carbocycles. The van der Waals surface area contributed by atoms with E-state index in [2.05, 4.69) is 20.4 Å². The van der Waals surface area contributed by atoms with Crippen LogP contribution in [0, 0.1) is 5.92 Å². The molecule has 1 aromatic rings. The van der Waals surface area contributed by atoms with Crippen LogP contribution in [-0.2, 0) is 14.3 Å². The summed E-state index contributed by atoms with van der Waals surface area (Å²) in [5.41, 5.74) is 1.79. The standard InChI is InChI=1S/C24H33N3O3/c1-7-19(14-15-22(28)30-6)16-25-21(8-2)27-23(17(3)4)24(29)26-18(5)20-12-10-9-11-13-20/h7-18,23,27H,1-6H3,(H,26,29)/b15-14+,19-7?,21-8+,25-16-/t18-,23+/m0/s1. The van der Waals surface area contributed by atoms with Crippen molar-refractivity contribution in [2.45, 2.75) is 46.7 Å². The number of nitrogens with one attached hydrogen (secondary N) is 2. The Bertz CT molecular complexity index is 808. The van der Waals surface area contributed by atoms with Crippen LogP contribution in [0.3, 0.4) is 0 Å². The highest BCUT2D eigenvalue weighted by molar-refractivity contribution is 5.88. The summed E-state index contributed by atoms with van der Waals surface area (Å²) in [4.78, 5) is 28.6. The fourth-order valence-electron chi connectivity index (χ4n) is 2.61. The number of aliphatic imine (C=N–C) groups is 1. The number of benzene rings is 1. The Morgan fingerprint density at radius 3 is 2.20 bits per heavy atom. The Kier molecular flexibility index (Phi) is 10.9. The molecule has 0 aliphatic rings. The molecule has 6 nitrogen and oxygen atoms in total. The molecule has 0 fully saturated rings. The zero-order chi connectivity index (χ0) is 22.5. The highest BCUT2D eigenvalue weighted by Gasteiger charge is 2.24. The highest BCUT2D eigenvalue weighted by Crippen LogP contribution is 2.13. The maximum absolute atomic E-state index is 12.9. The maximum atomic E-state index is 12.9. The van der Waals surface area contributed by atoms with Crippen molar-refractivity contribution in [1.29, 1.82) is 0 Å². The van der Waals surface area contributed by atoms with Gasteiger partial charge in [-0.05, 0) is 50.0 Å². The number of rotatable bonds is 10. The first-order valence-corrected chi connectivity index (χ1v) is 10.1. The molecular weight excluding hydrogens is 378 g/mol. The molecular formula is C24H33N3O3. The van der Waals surface area contributed by atoms with Gasteiger partial charge < -0.3 is 15.4 Å². The normalized spacial score (nSPS) is 14.8. The summed E-state index contributed by atoms with van der Waals surface area (Å²) in [5.74, 6) is 0.101. The Labute approximate surface area is 179 Å². The molecule has 1 rings (SSSR count). The van der Waals surface area contributed by atoms with E-state index in [-0.39, 0.29) is 17.9 Å². The second kappa shape index (κ2) is 13.1. The molecule has 0 spiro atoms. The molecule has 0 heterocycles. The van der Waals surface area contributed by atoms with E-state index in [9.17, 15) is 9.59 Å². The number of carbonyl (C=O) groups excluding carboxylic acids is 2. The first-order valence-electron chi connectivity index (χ1n) is 10.1. The Hall–Kier alpha value is -3.15. The zero-order valence-corrected chi connectivity index (χ0v) is 18.7. The van der Waals surface area contributed by atoms with Gasteiger partial charge in [-0.2, -0.15) is 0 Å². The summed E-state index contributed by atoms with van der Waals surface area (Å²) >= 11 is 0. The van der Waals surface area contributed by atoms with Gasteiger partial charge in [0, 0.05) is 12.3 Å². The molecule has 2 atom stereocenters. The number of allylic oxidation sites excluding steroid dienone is 4. The molecule has 2 N–H and O–H groups in total. The second-order valence-electron chi connectivity index (χ2n) is 7.08. The molecule has 162 valence electrons. The second-order valence-corrected chi connectivity index (χ2v) is 7.08. The molecule has 0 bridgehead atoms. The number of esters is 1. The van der Waals surface area contributed by atoms with Crippen LogP contribution in [0.15, 0.2) is 71.0 Å². The van der Waals surface area contributed by atoms with Crippen LogP contribution < -0.4 is 10.6 Å². The minimum Gasteiger partial charge on any atom is -0.466 e. The van der Waals surface area contributed by atoms with Crippen LogP contribution in [0.25, 0.3) is 0 Å². The monoisotopic (exact) mass is 411 g/mol. The van der Waals surface area contributed by atoms with Gasteiger partial charge in [-0.3, -0.25) is 4.79 Å². The van der Waals surface area contributed by atoms with Crippen LogP contribution in [0.1, 0.15) is 46.2 Å². The number of hydrogen-bond donors (Lipinski definition) is 2. The quantitative estimate of drug-likeness (QED) is 0.263. The summed E-state index contributed by atoms with van der Waals surface area (Å²) in [5, 5.41) is 6.29. The lowest BCUT2D eigenvalue weighted by Crippen LogP contribution is -2.47. The van der Waals surface area contributed by atoms with Gasteiger partial charge in [0.15, 0.2) is 0 Å². The third-order valence-corrected chi connectivity index (χ3v) is 4.48. The minimum atomic E-state index is -0.445. The first kappa shape index (κ1) is 24.9. The topological polar surface area (TPSA) is 79.8 Å². The molecule has 0 radical (unpaired) electrons. The van der Waals surface area contributed by atoms with Crippen molar-refractivity contribution in [3.63, 3.8) is 0 Å². The number of amides is 1. The summed E-state index contributed by atoms with van der Waals surface area (Å²) in [6, 6.07) is 9.30. The lowest BCUT2D eigenvalue weighted by molar-refractivity contribution is -0.134. The third-order valence-electron chi connectivity index (χ3n) is 4.48. The van der Waals surface area contributed by atoms with Crippen molar-refractivity contribution in [2.75, 3.05) is 7.11 Å².